The molecule has 1 atom stereocenters. The maximum Gasteiger partial charge on any atom is 0.265 e. The van der Waals surface area contributed by atoms with E-state index in [0.29, 0.717) is 11.4 Å². The predicted octanol–water partition coefficient (Wildman–Crippen LogP) is 3.44. The number of carbonyl (C=O) groups is 1. The molecular formula is C24H26FN5O2. The average Bonchev–Trinajstić information content (AvgIpc) is 2.82. The van der Waals surface area contributed by atoms with Gasteiger partial charge in [0.2, 0.25) is 0 Å². The molecule has 0 saturated carbocycles. The molecule has 166 valence electrons. The maximum atomic E-state index is 13.0. The molecule has 3 aromatic rings. The summed E-state index contributed by atoms with van der Waals surface area (Å²) in [6.07, 6.45) is -0.729. The number of ether oxygens (including phenoxy) is 1. The quantitative estimate of drug-likeness (QED) is 0.640. The molecule has 0 radical (unpaired) electrons. The standard InChI is InChI=1S/C24H26FN5O2/c1-17(32-21-9-5-19(25)6-10-21)24(31)26-20-7-3-18(4-8-20)22-11-12-23(28-27-22)30-15-13-29(2)14-16-30/h3-12,17H,13-16H2,1-2H3,(H,26,31). The molecule has 4 rings (SSSR count). The Bertz CT molecular complexity index is 1030. The van der Waals surface area contributed by atoms with Crippen molar-refractivity contribution >= 4 is 17.4 Å². The van der Waals surface area contributed by atoms with E-state index in [1.165, 1.54) is 24.3 Å². The first-order valence-electron chi connectivity index (χ1n) is 10.6. The summed E-state index contributed by atoms with van der Waals surface area (Å²) in [6.45, 7) is 5.57. The van der Waals surface area contributed by atoms with Gasteiger partial charge in [-0.3, -0.25) is 4.79 Å². The summed E-state index contributed by atoms with van der Waals surface area (Å²) >= 11 is 0. The zero-order chi connectivity index (χ0) is 22.5. The zero-order valence-electron chi connectivity index (χ0n) is 18.2. The largest absolute Gasteiger partial charge is 0.481 e. The molecule has 0 aliphatic carbocycles. The van der Waals surface area contributed by atoms with Gasteiger partial charge in [0.15, 0.2) is 11.9 Å². The Morgan fingerprint density at radius 2 is 1.66 bits per heavy atom. The Hall–Kier alpha value is -3.52. The number of hydrogen-bond acceptors (Lipinski definition) is 6. The zero-order valence-corrected chi connectivity index (χ0v) is 18.2. The molecular weight excluding hydrogens is 409 g/mol. The number of nitrogens with one attached hydrogen (secondary N) is 1. The lowest BCUT2D eigenvalue weighted by atomic mass is 10.1. The van der Waals surface area contributed by atoms with Gasteiger partial charge in [-0.25, -0.2) is 4.39 Å². The van der Waals surface area contributed by atoms with Crippen LogP contribution in [0.3, 0.4) is 0 Å². The van der Waals surface area contributed by atoms with Crippen molar-refractivity contribution in [3.05, 3.63) is 66.5 Å². The topological polar surface area (TPSA) is 70.6 Å². The lowest BCUT2D eigenvalue weighted by molar-refractivity contribution is -0.122. The Kier molecular flexibility index (Phi) is 6.61. The number of carbonyl (C=O) groups excluding carboxylic acids is 1. The lowest BCUT2D eigenvalue weighted by Gasteiger charge is -2.32. The van der Waals surface area contributed by atoms with Crippen LogP contribution in [-0.2, 0) is 4.79 Å². The molecule has 7 nitrogen and oxygen atoms in total. The number of piperazine rings is 1. The highest BCUT2D eigenvalue weighted by atomic mass is 19.1. The second-order valence-electron chi connectivity index (χ2n) is 7.85. The third kappa shape index (κ3) is 5.39. The first kappa shape index (κ1) is 21.7. The van der Waals surface area contributed by atoms with Crippen molar-refractivity contribution in [2.24, 2.45) is 0 Å². The van der Waals surface area contributed by atoms with Crippen LogP contribution in [0.4, 0.5) is 15.9 Å². The van der Waals surface area contributed by atoms with Crippen LogP contribution in [0.1, 0.15) is 6.92 Å². The number of anilines is 2. The summed E-state index contributed by atoms with van der Waals surface area (Å²) < 4.78 is 18.6. The number of hydrogen-bond donors (Lipinski definition) is 1. The van der Waals surface area contributed by atoms with Crippen LogP contribution < -0.4 is 15.0 Å². The highest BCUT2D eigenvalue weighted by Gasteiger charge is 2.17. The third-order valence-electron chi connectivity index (χ3n) is 5.42. The van der Waals surface area contributed by atoms with E-state index in [-0.39, 0.29) is 11.7 Å². The normalized spacial score (nSPS) is 15.3. The molecule has 2 heterocycles. The molecule has 1 aromatic heterocycles. The Morgan fingerprint density at radius 3 is 2.28 bits per heavy atom. The minimum absolute atomic E-state index is 0.293. The molecule has 1 fully saturated rings. The van der Waals surface area contributed by atoms with Gasteiger partial charge in [-0.2, -0.15) is 0 Å². The Labute approximate surface area is 186 Å². The van der Waals surface area contributed by atoms with E-state index in [4.69, 9.17) is 4.74 Å². The van der Waals surface area contributed by atoms with Crippen molar-refractivity contribution in [3.8, 4) is 17.0 Å². The third-order valence-corrected chi connectivity index (χ3v) is 5.42. The van der Waals surface area contributed by atoms with Gasteiger partial charge in [0.05, 0.1) is 5.69 Å². The molecule has 2 aromatic carbocycles. The van der Waals surface area contributed by atoms with E-state index in [1.807, 2.05) is 36.4 Å². The van der Waals surface area contributed by atoms with Crippen molar-refractivity contribution in [2.75, 3.05) is 43.4 Å². The van der Waals surface area contributed by atoms with Gasteiger partial charge in [0, 0.05) is 37.4 Å². The van der Waals surface area contributed by atoms with E-state index in [1.54, 1.807) is 6.92 Å². The number of amides is 1. The van der Waals surface area contributed by atoms with Crippen LogP contribution in [0, 0.1) is 5.82 Å². The number of rotatable bonds is 6. The van der Waals surface area contributed by atoms with Gasteiger partial charge >= 0.3 is 0 Å². The van der Waals surface area contributed by atoms with Crippen molar-refractivity contribution in [1.29, 1.82) is 0 Å². The second kappa shape index (κ2) is 9.74. The summed E-state index contributed by atoms with van der Waals surface area (Å²) in [5.74, 6) is 0.676. The van der Waals surface area contributed by atoms with Gasteiger partial charge in [0.25, 0.3) is 5.91 Å². The van der Waals surface area contributed by atoms with Gasteiger partial charge < -0.3 is 19.9 Å². The maximum absolute atomic E-state index is 13.0. The SMILES string of the molecule is CC(Oc1ccc(F)cc1)C(=O)Nc1ccc(-c2ccc(N3CCN(C)CC3)nn2)cc1. The molecule has 1 amide bonds. The summed E-state index contributed by atoms with van der Waals surface area (Å²) in [5, 5.41) is 11.6. The summed E-state index contributed by atoms with van der Waals surface area (Å²) in [5.41, 5.74) is 2.33. The Morgan fingerprint density at radius 1 is 0.969 bits per heavy atom. The van der Waals surface area contributed by atoms with E-state index in [2.05, 4.69) is 32.4 Å². The summed E-state index contributed by atoms with van der Waals surface area (Å²) in [6, 6.07) is 16.9. The highest BCUT2D eigenvalue weighted by molar-refractivity contribution is 5.94. The number of aromatic nitrogens is 2. The van der Waals surface area contributed by atoms with Crippen LogP contribution >= 0.6 is 0 Å². The monoisotopic (exact) mass is 435 g/mol. The molecule has 1 saturated heterocycles. The van der Waals surface area contributed by atoms with Crippen LogP contribution in [0.15, 0.2) is 60.7 Å². The molecule has 8 heteroatoms. The summed E-state index contributed by atoms with van der Waals surface area (Å²) in [7, 11) is 2.12. The predicted molar refractivity (Wildman–Crippen MR) is 122 cm³/mol. The minimum atomic E-state index is -0.729. The fourth-order valence-corrected chi connectivity index (χ4v) is 3.42. The number of benzene rings is 2. The fourth-order valence-electron chi connectivity index (χ4n) is 3.42. The number of nitrogens with zero attached hydrogens (tertiary/aromatic N) is 4. The van der Waals surface area contributed by atoms with Gasteiger partial charge in [0.1, 0.15) is 11.6 Å². The van der Waals surface area contributed by atoms with Crippen molar-refractivity contribution in [3.63, 3.8) is 0 Å². The van der Waals surface area contributed by atoms with Crippen molar-refractivity contribution in [2.45, 2.75) is 13.0 Å². The number of halogens is 1. The van der Waals surface area contributed by atoms with Crippen molar-refractivity contribution < 1.29 is 13.9 Å². The number of likely N-dealkylation sites (N-methyl/N-ethyl adjacent to an activating group) is 1. The van der Waals surface area contributed by atoms with E-state index >= 15 is 0 Å². The van der Waals surface area contributed by atoms with E-state index in [0.717, 1.165) is 43.3 Å². The summed E-state index contributed by atoms with van der Waals surface area (Å²) in [4.78, 5) is 16.9. The average molecular weight is 436 g/mol. The molecule has 1 aliphatic heterocycles. The van der Waals surface area contributed by atoms with Crippen LogP contribution in [0.25, 0.3) is 11.3 Å². The molecule has 1 unspecified atom stereocenters. The lowest BCUT2D eigenvalue weighted by Crippen LogP contribution is -2.44. The Balaban J connectivity index is 1.34. The van der Waals surface area contributed by atoms with Crippen LogP contribution in [0.5, 0.6) is 5.75 Å². The molecule has 0 bridgehead atoms. The highest BCUT2D eigenvalue weighted by Crippen LogP contribution is 2.22. The molecule has 32 heavy (non-hydrogen) atoms. The van der Waals surface area contributed by atoms with Crippen LogP contribution in [0.2, 0.25) is 0 Å². The van der Waals surface area contributed by atoms with Crippen LogP contribution in [-0.4, -0.2) is 60.3 Å². The molecule has 1 N–H and O–H groups in total. The molecule has 0 spiro atoms. The van der Waals surface area contributed by atoms with Crippen molar-refractivity contribution in [1.82, 2.24) is 15.1 Å². The fraction of sp³-hybridized carbons (Fsp3) is 0.292. The van der Waals surface area contributed by atoms with Gasteiger partial charge in [-0.05, 0) is 62.5 Å². The second-order valence-corrected chi connectivity index (χ2v) is 7.85. The first-order valence-corrected chi connectivity index (χ1v) is 10.6. The van der Waals surface area contributed by atoms with Gasteiger partial charge in [-0.1, -0.05) is 12.1 Å². The van der Waals surface area contributed by atoms with E-state index < -0.39 is 6.10 Å². The van der Waals surface area contributed by atoms with E-state index in [9.17, 15) is 9.18 Å². The smallest absolute Gasteiger partial charge is 0.265 e. The minimum Gasteiger partial charge on any atom is -0.481 e. The molecule has 1 aliphatic rings. The first-order chi connectivity index (χ1) is 15.5. The van der Waals surface area contributed by atoms with Gasteiger partial charge in [-0.15, -0.1) is 10.2 Å².